The number of rotatable bonds is 7. The Bertz CT molecular complexity index is 634. The highest BCUT2D eigenvalue weighted by Crippen LogP contribution is 2.30. The Morgan fingerprint density at radius 3 is 2.75 bits per heavy atom. The smallest absolute Gasteiger partial charge is 0.330 e. The van der Waals surface area contributed by atoms with Crippen LogP contribution in [0, 0.1) is 0 Å². The molecule has 2 aliphatic rings. The summed E-state index contributed by atoms with van der Waals surface area (Å²) in [4.78, 5) is 17.6. The molecule has 3 rings (SSSR count). The van der Waals surface area contributed by atoms with Crippen LogP contribution in [-0.4, -0.2) is 60.7 Å². The molecule has 2 N–H and O–H groups in total. The van der Waals surface area contributed by atoms with Gasteiger partial charge >= 0.3 is 6.03 Å². The van der Waals surface area contributed by atoms with Gasteiger partial charge in [-0.2, -0.15) is 0 Å². The van der Waals surface area contributed by atoms with Crippen LogP contribution < -0.4 is 10.0 Å². The molecular weight excluding hydrogens is 392 g/mol. The summed E-state index contributed by atoms with van der Waals surface area (Å²) in [5.74, 6) is 0. The summed E-state index contributed by atoms with van der Waals surface area (Å²) in [5.41, 5.74) is 0.956. The van der Waals surface area contributed by atoms with Crippen molar-refractivity contribution >= 4 is 35.2 Å². The summed E-state index contributed by atoms with van der Waals surface area (Å²) in [5, 5.41) is 3.06. The topological polar surface area (TPSA) is 56.8 Å². The predicted molar refractivity (Wildman–Crippen MR) is 119 cm³/mol. The lowest BCUT2D eigenvalue weighted by Crippen LogP contribution is -2.50. The summed E-state index contributed by atoms with van der Waals surface area (Å²) in [7, 11) is 2.19. The number of hydrogen-bond acceptors (Lipinski definition) is 6. The Hall–Kier alpha value is -0.800. The molecule has 1 aromatic heterocycles. The molecule has 2 amide bonds. The standard InChI is InChI=1S/C20H34N4O2S2/c1-4-17-13-18(19(5-2)27-17)21-20(25)22-28-24(15-8-11-26-12-9-15)16-7-6-10-23(3)14-16/h13,15-16H,4-12,14H2,1-3H3,(H2,21,22,25). The number of aryl methyl sites for hydroxylation is 2. The number of likely N-dealkylation sites (tertiary alicyclic amines) is 1. The first-order valence-electron chi connectivity index (χ1n) is 10.5. The Kier molecular flexibility index (Phi) is 8.47. The lowest BCUT2D eigenvalue weighted by molar-refractivity contribution is 0.0429. The Morgan fingerprint density at radius 2 is 2.07 bits per heavy atom. The zero-order chi connectivity index (χ0) is 19.9. The molecule has 1 unspecified atom stereocenters. The SMILES string of the molecule is CCc1cc(NC(=O)NSN(C2CCOCC2)C2CCCN(C)C2)c(CC)s1. The molecule has 28 heavy (non-hydrogen) atoms. The van der Waals surface area contributed by atoms with Gasteiger partial charge in [0, 0.05) is 53.7 Å². The number of carbonyl (C=O) groups is 1. The normalized spacial score (nSPS) is 21.8. The van der Waals surface area contributed by atoms with Crippen LogP contribution in [0.25, 0.3) is 0 Å². The molecule has 1 atom stereocenters. The lowest BCUT2D eigenvalue weighted by Gasteiger charge is -2.42. The monoisotopic (exact) mass is 426 g/mol. The summed E-state index contributed by atoms with van der Waals surface area (Å²) in [6.45, 7) is 8.12. The summed E-state index contributed by atoms with van der Waals surface area (Å²) in [6.07, 6.45) is 6.39. The fourth-order valence-corrected chi connectivity index (χ4v) is 5.92. The van der Waals surface area contributed by atoms with E-state index in [1.54, 1.807) is 11.3 Å². The second kappa shape index (κ2) is 10.8. The molecule has 0 saturated carbocycles. The molecule has 0 bridgehead atoms. The van der Waals surface area contributed by atoms with Gasteiger partial charge in [-0.3, -0.25) is 4.72 Å². The highest BCUT2D eigenvalue weighted by molar-refractivity contribution is 7.95. The van der Waals surface area contributed by atoms with Gasteiger partial charge in [-0.05, 0) is 58.2 Å². The van der Waals surface area contributed by atoms with Crippen molar-refractivity contribution in [2.45, 2.75) is 64.5 Å². The minimum absolute atomic E-state index is 0.138. The molecule has 2 fully saturated rings. The summed E-state index contributed by atoms with van der Waals surface area (Å²) in [6, 6.07) is 2.89. The molecule has 2 saturated heterocycles. The zero-order valence-corrected chi connectivity index (χ0v) is 19.0. The van der Waals surface area contributed by atoms with E-state index in [-0.39, 0.29) is 6.03 Å². The molecule has 6 nitrogen and oxygen atoms in total. The fraction of sp³-hybridized carbons (Fsp3) is 0.750. The number of urea groups is 1. The minimum atomic E-state index is -0.138. The predicted octanol–water partition coefficient (Wildman–Crippen LogP) is 4.13. The Morgan fingerprint density at radius 1 is 1.29 bits per heavy atom. The number of carbonyl (C=O) groups excluding carboxylic acids is 1. The number of nitrogens with one attached hydrogen (secondary N) is 2. The molecule has 1 aromatic rings. The molecule has 2 aliphatic heterocycles. The average molecular weight is 427 g/mol. The molecule has 0 aromatic carbocycles. The quantitative estimate of drug-likeness (QED) is 0.642. The molecule has 0 spiro atoms. The number of thiophene rings is 1. The van der Waals surface area contributed by atoms with Gasteiger partial charge < -0.3 is 15.0 Å². The molecule has 0 radical (unpaired) electrons. The first-order valence-corrected chi connectivity index (χ1v) is 12.1. The largest absolute Gasteiger partial charge is 0.381 e. The van der Waals surface area contributed by atoms with Crippen molar-refractivity contribution in [3.63, 3.8) is 0 Å². The lowest BCUT2D eigenvalue weighted by atomic mass is 10.0. The maximum absolute atomic E-state index is 12.6. The van der Waals surface area contributed by atoms with Crippen molar-refractivity contribution in [1.82, 2.24) is 13.9 Å². The van der Waals surface area contributed by atoms with Crippen molar-refractivity contribution in [2.75, 3.05) is 38.7 Å². The van der Waals surface area contributed by atoms with Gasteiger partial charge in [0.1, 0.15) is 0 Å². The van der Waals surface area contributed by atoms with E-state index in [0.29, 0.717) is 12.1 Å². The molecule has 0 aliphatic carbocycles. The minimum Gasteiger partial charge on any atom is -0.381 e. The molecule has 158 valence electrons. The van der Waals surface area contributed by atoms with Crippen LogP contribution in [0.2, 0.25) is 0 Å². The van der Waals surface area contributed by atoms with Crippen LogP contribution in [0.3, 0.4) is 0 Å². The van der Waals surface area contributed by atoms with Crippen molar-refractivity contribution in [3.05, 3.63) is 15.8 Å². The van der Waals surface area contributed by atoms with E-state index in [0.717, 1.165) is 57.7 Å². The zero-order valence-electron chi connectivity index (χ0n) is 17.3. The van der Waals surface area contributed by atoms with Gasteiger partial charge in [0.25, 0.3) is 0 Å². The first-order chi connectivity index (χ1) is 13.6. The Labute approximate surface area is 177 Å². The number of hydrogen-bond donors (Lipinski definition) is 2. The molecule has 3 heterocycles. The first kappa shape index (κ1) is 21.9. The van der Waals surface area contributed by atoms with E-state index in [9.17, 15) is 4.79 Å². The van der Waals surface area contributed by atoms with Gasteiger partial charge in [-0.1, -0.05) is 13.8 Å². The van der Waals surface area contributed by atoms with Gasteiger partial charge in [0.15, 0.2) is 0 Å². The van der Waals surface area contributed by atoms with Crippen molar-refractivity contribution in [3.8, 4) is 0 Å². The Balaban J connectivity index is 1.60. The van der Waals surface area contributed by atoms with E-state index in [2.05, 4.69) is 46.2 Å². The highest BCUT2D eigenvalue weighted by Gasteiger charge is 2.31. The number of piperidine rings is 1. The fourth-order valence-electron chi connectivity index (χ4n) is 4.00. The molecular formula is C20H34N4O2S2. The van der Waals surface area contributed by atoms with E-state index >= 15 is 0 Å². The van der Waals surface area contributed by atoms with Gasteiger partial charge in [-0.15, -0.1) is 11.3 Å². The van der Waals surface area contributed by atoms with Crippen LogP contribution in [0.4, 0.5) is 10.5 Å². The van der Waals surface area contributed by atoms with E-state index < -0.39 is 0 Å². The maximum Gasteiger partial charge on any atom is 0.330 e. The number of nitrogens with zero attached hydrogens (tertiary/aromatic N) is 2. The van der Waals surface area contributed by atoms with Crippen LogP contribution in [0.5, 0.6) is 0 Å². The second-order valence-electron chi connectivity index (χ2n) is 7.67. The van der Waals surface area contributed by atoms with Crippen molar-refractivity contribution in [2.24, 2.45) is 0 Å². The third-order valence-corrected chi connectivity index (χ3v) is 8.04. The average Bonchev–Trinajstić information content (AvgIpc) is 3.11. The van der Waals surface area contributed by atoms with Gasteiger partial charge in [0.05, 0.1) is 5.69 Å². The number of anilines is 1. The third kappa shape index (κ3) is 5.86. The maximum atomic E-state index is 12.6. The van der Waals surface area contributed by atoms with Gasteiger partial charge in [-0.25, -0.2) is 9.10 Å². The number of amides is 2. The van der Waals surface area contributed by atoms with Gasteiger partial charge in [0.2, 0.25) is 0 Å². The second-order valence-corrected chi connectivity index (χ2v) is 9.70. The van der Waals surface area contributed by atoms with E-state index in [1.165, 1.54) is 34.7 Å². The van der Waals surface area contributed by atoms with Crippen LogP contribution >= 0.6 is 23.5 Å². The molecule has 8 heteroatoms. The van der Waals surface area contributed by atoms with Crippen LogP contribution in [0.15, 0.2) is 6.07 Å². The van der Waals surface area contributed by atoms with Crippen LogP contribution in [-0.2, 0) is 17.6 Å². The van der Waals surface area contributed by atoms with Crippen LogP contribution in [0.1, 0.15) is 49.3 Å². The highest BCUT2D eigenvalue weighted by atomic mass is 32.2. The number of likely N-dealkylation sites (N-methyl/N-ethyl adjacent to an activating group) is 1. The van der Waals surface area contributed by atoms with E-state index in [1.807, 2.05) is 0 Å². The third-order valence-electron chi connectivity index (χ3n) is 5.53. The van der Waals surface area contributed by atoms with Crippen molar-refractivity contribution in [1.29, 1.82) is 0 Å². The summed E-state index contributed by atoms with van der Waals surface area (Å²) >= 11 is 3.27. The summed E-state index contributed by atoms with van der Waals surface area (Å²) < 4.78 is 11.0. The number of ether oxygens (including phenoxy) is 1. The van der Waals surface area contributed by atoms with E-state index in [4.69, 9.17) is 4.74 Å². The van der Waals surface area contributed by atoms with Crippen molar-refractivity contribution < 1.29 is 9.53 Å².